The van der Waals surface area contributed by atoms with E-state index in [0.29, 0.717) is 5.13 Å². The second-order valence-electron chi connectivity index (χ2n) is 5.86. The second kappa shape index (κ2) is 10.8. The van der Waals surface area contributed by atoms with Gasteiger partial charge in [0.2, 0.25) is 16.8 Å². The minimum absolute atomic E-state index is 0.0297. The molecule has 0 aliphatic heterocycles. The molecule has 1 aromatic carbocycles. The first-order valence-electron chi connectivity index (χ1n) is 8.54. The largest absolute Gasteiger partial charge is 0.454 e. The van der Waals surface area contributed by atoms with Crippen molar-refractivity contribution in [1.29, 1.82) is 0 Å². The predicted octanol–water partition coefficient (Wildman–Crippen LogP) is 3.52. The summed E-state index contributed by atoms with van der Waals surface area (Å²) in [6.45, 7) is 1.77. The molecule has 0 aliphatic rings. The lowest BCUT2D eigenvalue weighted by molar-refractivity contribution is -0.147. The molecule has 2 aromatic rings. The summed E-state index contributed by atoms with van der Waals surface area (Å²) < 4.78 is 18.2. The van der Waals surface area contributed by atoms with Gasteiger partial charge in [-0.3, -0.25) is 14.4 Å². The lowest BCUT2D eigenvalue weighted by Gasteiger charge is -2.16. The van der Waals surface area contributed by atoms with Crippen molar-refractivity contribution in [1.82, 2.24) is 10.2 Å². The van der Waals surface area contributed by atoms with E-state index in [1.165, 1.54) is 23.5 Å². The number of aromatic nitrogens is 2. The SMILES string of the molecule is Cc1nnc(NC(=O)CCCC(=O)O[C@@H](CCCl)C(=O)c2ccc(F)cc2)s1. The van der Waals surface area contributed by atoms with Crippen LogP contribution < -0.4 is 5.32 Å². The Balaban J connectivity index is 1.80. The Labute approximate surface area is 170 Å². The van der Waals surface area contributed by atoms with Crippen LogP contribution in [-0.2, 0) is 14.3 Å². The van der Waals surface area contributed by atoms with Gasteiger partial charge in [0.05, 0.1) is 0 Å². The number of nitrogens with zero attached hydrogens (tertiary/aromatic N) is 2. The molecule has 0 radical (unpaired) electrons. The number of nitrogens with one attached hydrogen (secondary N) is 1. The summed E-state index contributed by atoms with van der Waals surface area (Å²) in [4.78, 5) is 36.3. The van der Waals surface area contributed by atoms with E-state index in [1.807, 2.05) is 0 Å². The maximum atomic E-state index is 13.0. The summed E-state index contributed by atoms with van der Waals surface area (Å²) in [6, 6.07) is 4.97. The number of anilines is 1. The first kappa shape index (κ1) is 21.9. The van der Waals surface area contributed by atoms with Crippen LogP contribution >= 0.6 is 22.9 Å². The van der Waals surface area contributed by atoms with Crippen LogP contribution in [0.15, 0.2) is 24.3 Å². The van der Waals surface area contributed by atoms with Gasteiger partial charge in [-0.2, -0.15) is 0 Å². The topological polar surface area (TPSA) is 98.2 Å². The van der Waals surface area contributed by atoms with Gasteiger partial charge in [0, 0.05) is 30.7 Å². The number of benzene rings is 1. The molecule has 0 saturated carbocycles. The predicted molar refractivity (Wildman–Crippen MR) is 103 cm³/mol. The molecule has 0 saturated heterocycles. The number of ether oxygens (including phenoxy) is 1. The molecular weight excluding hydrogens is 409 g/mol. The van der Waals surface area contributed by atoms with E-state index in [0.717, 1.165) is 17.1 Å². The van der Waals surface area contributed by atoms with Crippen LogP contribution in [0.3, 0.4) is 0 Å². The number of aryl methyl sites for hydroxylation is 1. The Bertz CT molecular complexity index is 828. The van der Waals surface area contributed by atoms with Crippen LogP contribution in [0.1, 0.15) is 41.0 Å². The minimum atomic E-state index is -1.05. The Kier molecular flexibility index (Phi) is 8.46. The summed E-state index contributed by atoms with van der Waals surface area (Å²) in [6.07, 6.45) is -0.590. The summed E-state index contributed by atoms with van der Waals surface area (Å²) in [5.41, 5.74) is 0.232. The normalized spacial score (nSPS) is 11.7. The van der Waals surface area contributed by atoms with E-state index in [1.54, 1.807) is 6.92 Å². The zero-order valence-corrected chi connectivity index (χ0v) is 16.7. The number of ketones is 1. The lowest BCUT2D eigenvalue weighted by atomic mass is 10.0. The van der Waals surface area contributed by atoms with Gasteiger partial charge in [0.25, 0.3) is 0 Å². The summed E-state index contributed by atoms with van der Waals surface area (Å²) in [7, 11) is 0. The molecule has 1 N–H and O–H groups in total. The van der Waals surface area contributed by atoms with Crippen LogP contribution in [0.25, 0.3) is 0 Å². The number of hydrogen-bond acceptors (Lipinski definition) is 7. The molecule has 150 valence electrons. The van der Waals surface area contributed by atoms with Crippen molar-refractivity contribution >= 4 is 45.7 Å². The number of rotatable bonds is 10. The zero-order chi connectivity index (χ0) is 20.5. The van der Waals surface area contributed by atoms with Gasteiger partial charge < -0.3 is 10.1 Å². The molecule has 1 aromatic heterocycles. The van der Waals surface area contributed by atoms with E-state index < -0.39 is 23.7 Å². The van der Waals surface area contributed by atoms with Crippen molar-refractivity contribution in [2.45, 2.75) is 38.7 Å². The quantitative estimate of drug-likeness (QED) is 0.354. The molecule has 28 heavy (non-hydrogen) atoms. The van der Waals surface area contributed by atoms with Crippen molar-refractivity contribution in [3.8, 4) is 0 Å². The number of halogens is 2. The van der Waals surface area contributed by atoms with Crippen molar-refractivity contribution < 1.29 is 23.5 Å². The first-order valence-corrected chi connectivity index (χ1v) is 9.89. The molecule has 1 amide bonds. The van der Waals surface area contributed by atoms with Crippen LogP contribution in [0.5, 0.6) is 0 Å². The summed E-state index contributed by atoms with van der Waals surface area (Å²) in [5, 5.41) is 11.3. The molecule has 0 aliphatic carbocycles. The molecular formula is C18H19ClFN3O4S. The van der Waals surface area contributed by atoms with E-state index >= 15 is 0 Å². The van der Waals surface area contributed by atoms with Crippen LogP contribution in [0.4, 0.5) is 9.52 Å². The average Bonchev–Trinajstić information content (AvgIpc) is 3.06. The Morgan fingerprint density at radius 3 is 2.54 bits per heavy atom. The Morgan fingerprint density at radius 1 is 1.21 bits per heavy atom. The third-order valence-electron chi connectivity index (χ3n) is 3.62. The van der Waals surface area contributed by atoms with Crippen LogP contribution in [0, 0.1) is 12.7 Å². The molecule has 1 atom stereocenters. The fraction of sp³-hybridized carbons (Fsp3) is 0.389. The molecule has 1 heterocycles. The zero-order valence-electron chi connectivity index (χ0n) is 15.1. The van der Waals surface area contributed by atoms with Crippen LogP contribution in [0.2, 0.25) is 0 Å². The van der Waals surface area contributed by atoms with Crippen molar-refractivity contribution in [2.24, 2.45) is 0 Å². The highest BCUT2D eigenvalue weighted by molar-refractivity contribution is 7.15. The molecule has 0 spiro atoms. The molecule has 10 heteroatoms. The molecule has 7 nitrogen and oxygen atoms in total. The van der Waals surface area contributed by atoms with Gasteiger partial charge in [0.1, 0.15) is 10.8 Å². The molecule has 2 rings (SSSR count). The highest BCUT2D eigenvalue weighted by atomic mass is 35.5. The van der Waals surface area contributed by atoms with Gasteiger partial charge in [0.15, 0.2) is 6.10 Å². The number of carbonyl (C=O) groups excluding carboxylic acids is 3. The third-order valence-corrected chi connectivity index (χ3v) is 4.60. The van der Waals surface area contributed by atoms with Gasteiger partial charge in [-0.05, 0) is 37.6 Å². The summed E-state index contributed by atoms with van der Waals surface area (Å²) in [5.74, 6) is -1.69. The van der Waals surface area contributed by atoms with E-state index in [4.69, 9.17) is 16.3 Å². The number of Topliss-reactive ketones (excluding diaryl/α,β-unsaturated/α-hetero) is 1. The fourth-order valence-electron chi connectivity index (χ4n) is 2.28. The minimum Gasteiger partial charge on any atom is -0.454 e. The number of esters is 1. The van der Waals surface area contributed by atoms with Gasteiger partial charge in [-0.25, -0.2) is 4.39 Å². The van der Waals surface area contributed by atoms with Crippen molar-refractivity contribution in [3.63, 3.8) is 0 Å². The van der Waals surface area contributed by atoms with Crippen LogP contribution in [-0.4, -0.2) is 39.8 Å². The smallest absolute Gasteiger partial charge is 0.306 e. The maximum Gasteiger partial charge on any atom is 0.306 e. The number of carbonyl (C=O) groups is 3. The van der Waals surface area contributed by atoms with Crippen molar-refractivity contribution in [2.75, 3.05) is 11.2 Å². The molecule has 0 fully saturated rings. The third kappa shape index (κ3) is 6.97. The first-order chi connectivity index (χ1) is 13.4. The number of amides is 1. The highest BCUT2D eigenvalue weighted by Crippen LogP contribution is 2.15. The van der Waals surface area contributed by atoms with E-state index in [2.05, 4.69) is 15.5 Å². The van der Waals surface area contributed by atoms with Gasteiger partial charge >= 0.3 is 5.97 Å². The molecule has 0 unspecified atom stereocenters. The summed E-state index contributed by atoms with van der Waals surface area (Å²) >= 11 is 6.95. The molecule has 0 bridgehead atoms. The lowest BCUT2D eigenvalue weighted by Crippen LogP contribution is -2.28. The van der Waals surface area contributed by atoms with E-state index in [-0.39, 0.29) is 43.0 Å². The number of hydrogen-bond donors (Lipinski definition) is 1. The van der Waals surface area contributed by atoms with Crippen molar-refractivity contribution in [3.05, 3.63) is 40.7 Å². The Morgan fingerprint density at radius 2 is 1.93 bits per heavy atom. The second-order valence-corrected chi connectivity index (χ2v) is 7.41. The maximum absolute atomic E-state index is 13.0. The standard InChI is InChI=1S/C18H19ClFN3O4S/c1-11-22-23-18(28-11)21-15(24)3-2-4-16(25)27-14(9-10-19)17(26)12-5-7-13(20)8-6-12/h5-8,14H,2-4,9-10H2,1H3,(H,21,23,24)/t14-/m0/s1. The Hall–Kier alpha value is -2.39. The highest BCUT2D eigenvalue weighted by Gasteiger charge is 2.24. The van der Waals surface area contributed by atoms with Gasteiger partial charge in [-0.15, -0.1) is 21.8 Å². The number of alkyl halides is 1. The monoisotopic (exact) mass is 427 g/mol. The average molecular weight is 428 g/mol. The van der Waals surface area contributed by atoms with E-state index in [9.17, 15) is 18.8 Å². The van der Waals surface area contributed by atoms with Gasteiger partial charge in [-0.1, -0.05) is 11.3 Å². The fourth-order valence-corrected chi connectivity index (χ4v) is 3.09.